The highest BCUT2D eigenvalue weighted by Crippen LogP contribution is 2.38. The second kappa shape index (κ2) is 20.1. The Hall–Kier alpha value is -4.94. The molecule has 3 fully saturated rings. The fraction of sp³-hybridized carbons (Fsp3) is 0.511. The lowest BCUT2D eigenvalue weighted by Gasteiger charge is -2.45. The van der Waals surface area contributed by atoms with Gasteiger partial charge in [0.15, 0.2) is 6.61 Å². The molecule has 0 unspecified atom stereocenters. The van der Waals surface area contributed by atoms with Crippen LogP contribution in [0, 0.1) is 0 Å². The van der Waals surface area contributed by atoms with E-state index in [0.717, 1.165) is 87.4 Å². The van der Waals surface area contributed by atoms with Crippen LogP contribution >= 0.6 is 11.6 Å². The van der Waals surface area contributed by atoms with Crippen molar-refractivity contribution in [3.05, 3.63) is 118 Å². The van der Waals surface area contributed by atoms with Gasteiger partial charge >= 0.3 is 12.2 Å². The number of hydrogen-bond acceptors (Lipinski definition) is 9. The van der Waals surface area contributed by atoms with Gasteiger partial charge in [0, 0.05) is 62.9 Å². The van der Waals surface area contributed by atoms with Gasteiger partial charge in [-0.15, -0.1) is 0 Å². The number of carbonyl (C=O) groups excluding carboxylic acids is 3. The van der Waals surface area contributed by atoms with Crippen molar-refractivity contribution in [3.63, 3.8) is 0 Å². The molecule has 3 aliphatic carbocycles. The minimum absolute atomic E-state index is 0.00429. The molecule has 4 aromatic rings. The van der Waals surface area contributed by atoms with Crippen molar-refractivity contribution in [2.75, 3.05) is 26.2 Å². The van der Waals surface area contributed by atoms with E-state index in [1.54, 1.807) is 11.1 Å². The lowest BCUT2D eigenvalue weighted by atomic mass is 9.95. The van der Waals surface area contributed by atoms with Crippen LogP contribution in [0.1, 0.15) is 110 Å². The summed E-state index contributed by atoms with van der Waals surface area (Å²) in [5.41, 5.74) is 5.45. The van der Waals surface area contributed by atoms with E-state index in [-0.39, 0.29) is 30.8 Å². The number of rotatable bonds is 12. The molecule has 2 amide bonds. The van der Waals surface area contributed by atoms with Crippen LogP contribution in [-0.4, -0.2) is 91.8 Å². The van der Waals surface area contributed by atoms with E-state index in [9.17, 15) is 9.59 Å². The number of imidazole rings is 1. The van der Waals surface area contributed by atoms with Crippen molar-refractivity contribution in [1.29, 1.82) is 0 Å². The van der Waals surface area contributed by atoms with Crippen LogP contribution in [0.5, 0.6) is 0 Å². The van der Waals surface area contributed by atoms with Gasteiger partial charge in [0.1, 0.15) is 24.1 Å². The highest BCUT2D eigenvalue weighted by atomic mass is 35.5. The summed E-state index contributed by atoms with van der Waals surface area (Å²) in [6, 6.07) is 19.2. The van der Waals surface area contributed by atoms with E-state index >= 15 is 4.79 Å². The molecule has 2 saturated carbocycles. The summed E-state index contributed by atoms with van der Waals surface area (Å²) in [5, 5.41) is 0.693. The first-order chi connectivity index (χ1) is 29.4. The molecule has 1 saturated heterocycles. The Bertz CT molecular complexity index is 2070. The monoisotopic (exact) mass is 836 g/mol. The number of benzene rings is 2. The largest absolute Gasteiger partial charge is 0.508 e. The Labute approximate surface area is 358 Å². The molecule has 0 bridgehead atoms. The van der Waals surface area contributed by atoms with Crippen LogP contribution in [0.4, 0.5) is 9.59 Å². The van der Waals surface area contributed by atoms with Crippen molar-refractivity contribution < 1.29 is 28.6 Å². The molecule has 2 aromatic heterocycles. The maximum absolute atomic E-state index is 15.3. The van der Waals surface area contributed by atoms with Gasteiger partial charge in [0.05, 0.1) is 11.7 Å². The van der Waals surface area contributed by atoms with Gasteiger partial charge < -0.3 is 23.7 Å². The Balaban J connectivity index is 1.03. The van der Waals surface area contributed by atoms with Gasteiger partial charge in [-0.2, -0.15) is 0 Å². The summed E-state index contributed by atoms with van der Waals surface area (Å²) >= 11 is 6.55. The molecule has 4 aliphatic rings. The molecule has 12 nitrogen and oxygen atoms in total. The van der Waals surface area contributed by atoms with Crippen LogP contribution in [0.2, 0.25) is 5.02 Å². The molecule has 0 radical (unpaired) electrons. The van der Waals surface area contributed by atoms with E-state index < -0.39 is 18.3 Å². The number of aromatic nitrogens is 3. The summed E-state index contributed by atoms with van der Waals surface area (Å²) in [6.45, 7) is 2.54. The zero-order chi connectivity index (χ0) is 41.3. The van der Waals surface area contributed by atoms with Crippen molar-refractivity contribution >= 4 is 29.8 Å². The Morgan fingerprint density at radius 2 is 1.55 bits per heavy atom. The first-order valence-electron chi connectivity index (χ1n) is 22.0. The number of hydrogen-bond donors (Lipinski definition) is 0. The molecule has 13 heteroatoms. The molecule has 0 spiro atoms. The number of fused-ring (bicyclic) bond motifs is 2. The minimum Gasteiger partial charge on any atom is -0.446 e. The van der Waals surface area contributed by atoms with Gasteiger partial charge in [-0.1, -0.05) is 66.9 Å². The third kappa shape index (κ3) is 10.3. The first-order valence-corrected chi connectivity index (χ1v) is 22.4. The molecule has 2 atom stereocenters. The number of piperazine rings is 1. The van der Waals surface area contributed by atoms with E-state index in [1.165, 1.54) is 17.5 Å². The Morgan fingerprint density at radius 3 is 2.33 bits per heavy atom. The number of carbonyl (C=O) groups is 3. The number of nitrogens with zero attached hydrogens (tertiary/aromatic N) is 6. The molecule has 8 rings (SSSR count). The number of amides is 2. The van der Waals surface area contributed by atoms with Gasteiger partial charge in [0.25, 0.3) is 0 Å². The normalized spacial score (nSPS) is 20.1. The second-order valence-corrected chi connectivity index (χ2v) is 17.1. The second-order valence-electron chi connectivity index (χ2n) is 16.7. The molecule has 2 aromatic carbocycles. The zero-order valence-electron chi connectivity index (χ0n) is 34.5. The molecule has 1 aliphatic heterocycles. The van der Waals surface area contributed by atoms with Gasteiger partial charge in [-0.25, -0.2) is 14.6 Å². The number of aryl methyl sites for hydroxylation is 3. The van der Waals surface area contributed by atoms with Crippen LogP contribution in [0.25, 0.3) is 0 Å². The molecule has 0 N–H and O–H groups in total. The lowest BCUT2D eigenvalue weighted by molar-refractivity contribution is -0.140. The van der Waals surface area contributed by atoms with Crippen LogP contribution < -0.4 is 0 Å². The molecular weight excluding hydrogens is 780 g/mol. The van der Waals surface area contributed by atoms with Gasteiger partial charge in [0.2, 0.25) is 5.91 Å². The van der Waals surface area contributed by atoms with Gasteiger partial charge in [-0.3, -0.25) is 19.6 Å². The van der Waals surface area contributed by atoms with E-state index in [2.05, 4.69) is 28.1 Å². The summed E-state index contributed by atoms with van der Waals surface area (Å²) in [7, 11) is 0. The fourth-order valence-electron chi connectivity index (χ4n) is 9.49. The lowest BCUT2D eigenvalue weighted by Crippen LogP contribution is -2.62. The highest BCUT2D eigenvalue weighted by Gasteiger charge is 2.43. The van der Waals surface area contributed by atoms with E-state index in [4.69, 9.17) is 30.8 Å². The summed E-state index contributed by atoms with van der Waals surface area (Å²) < 4.78 is 19.2. The van der Waals surface area contributed by atoms with E-state index in [0.29, 0.717) is 56.5 Å². The Morgan fingerprint density at radius 1 is 0.800 bits per heavy atom. The number of halogens is 1. The van der Waals surface area contributed by atoms with Gasteiger partial charge in [-0.05, 0) is 111 Å². The predicted octanol–water partition coefficient (Wildman–Crippen LogP) is 8.68. The predicted molar refractivity (Wildman–Crippen MR) is 227 cm³/mol. The van der Waals surface area contributed by atoms with Crippen molar-refractivity contribution in [2.45, 2.75) is 127 Å². The van der Waals surface area contributed by atoms with Crippen LogP contribution in [0.15, 0.2) is 79.3 Å². The third-order valence-electron chi connectivity index (χ3n) is 12.7. The molecular formula is C47H57ClN6O6. The zero-order valence-corrected chi connectivity index (χ0v) is 35.2. The fourth-order valence-corrected chi connectivity index (χ4v) is 9.68. The number of ether oxygens (including phenoxy) is 3. The maximum atomic E-state index is 15.3. The highest BCUT2D eigenvalue weighted by molar-refractivity contribution is 6.30. The van der Waals surface area contributed by atoms with Crippen LogP contribution in [0.3, 0.4) is 0 Å². The first kappa shape index (κ1) is 41.8. The smallest absolute Gasteiger partial charge is 0.446 e. The topological polar surface area (TPSA) is 119 Å². The average Bonchev–Trinajstić information content (AvgIpc) is 3.66. The van der Waals surface area contributed by atoms with E-state index in [1.807, 2.05) is 64.3 Å². The summed E-state index contributed by atoms with van der Waals surface area (Å²) in [4.78, 5) is 57.3. The van der Waals surface area contributed by atoms with Crippen LogP contribution in [-0.2, 0) is 51.5 Å². The quantitative estimate of drug-likeness (QED) is 0.129. The molecule has 60 heavy (non-hydrogen) atoms. The average molecular weight is 837 g/mol. The van der Waals surface area contributed by atoms with Crippen molar-refractivity contribution in [1.82, 2.24) is 29.2 Å². The minimum atomic E-state index is -0.794. The summed E-state index contributed by atoms with van der Waals surface area (Å²) in [6.07, 6.45) is 16.3. The standard InChI is InChI=1S/C47H57ClN6O6/c48-37-21-22-40-36(30-37)20-19-35-14-10-23-50-43(35)44(40)52-28-29-54(46(56)59-38-15-6-2-7-16-38)41(32-52)45(55)53(31-34-12-4-1-5-13-34)26-11-25-51-27-24-49-42(51)33-58-47(57)60-39-17-8-3-9-18-39/h1,4-5,10,12-14,21-24,27,30,38-39,41,44H,2-3,6-9,11,15-20,25-26,28-29,31-33H2/t41-,44-/m1/s1. The maximum Gasteiger partial charge on any atom is 0.508 e. The van der Waals surface area contributed by atoms with Crippen molar-refractivity contribution in [3.8, 4) is 0 Å². The Kier molecular flexibility index (Phi) is 14.0. The number of pyridine rings is 1. The van der Waals surface area contributed by atoms with Crippen molar-refractivity contribution in [2.24, 2.45) is 0 Å². The third-order valence-corrected chi connectivity index (χ3v) is 12.9. The molecule has 3 heterocycles. The molecule has 318 valence electrons. The SMILES string of the molecule is O=C(OCc1nccn1CCCN(Cc1ccccc1)C(=O)[C@H]1CN([C@@H]2c3ccc(Cl)cc3CCc3cccnc32)CCN1C(=O)OC1CCCCC1)OC1CCCCC1. The summed E-state index contributed by atoms with van der Waals surface area (Å²) in [5.74, 6) is 0.477.